The predicted octanol–water partition coefficient (Wildman–Crippen LogP) is 2.93. The van der Waals surface area contributed by atoms with Crippen LogP contribution in [0.1, 0.15) is 51.2 Å². The summed E-state index contributed by atoms with van der Waals surface area (Å²) in [5.41, 5.74) is 10.1. The topological polar surface area (TPSA) is 106 Å². The van der Waals surface area contributed by atoms with Crippen molar-refractivity contribution in [1.82, 2.24) is 14.8 Å². The van der Waals surface area contributed by atoms with Gasteiger partial charge in [-0.15, -0.1) is 21.5 Å². The van der Waals surface area contributed by atoms with Crippen LogP contribution in [0.3, 0.4) is 0 Å². The molecule has 2 aromatic heterocycles. The first-order valence-electron chi connectivity index (χ1n) is 9.52. The highest BCUT2D eigenvalue weighted by atomic mass is 32.1. The predicted molar refractivity (Wildman–Crippen MR) is 116 cm³/mol. The number of hydrogen-bond acceptors (Lipinski definition) is 6. The van der Waals surface area contributed by atoms with E-state index in [-0.39, 0.29) is 6.42 Å². The van der Waals surface area contributed by atoms with Crippen LogP contribution >= 0.6 is 11.3 Å². The Balaban J connectivity index is 1.94. The van der Waals surface area contributed by atoms with E-state index in [1.54, 1.807) is 11.3 Å². The second-order valence-corrected chi connectivity index (χ2v) is 8.28. The Labute approximate surface area is 178 Å². The molecule has 3 heterocycles. The van der Waals surface area contributed by atoms with Crippen molar-refractivity contribution in [3.05, 3.63) is 63.0 Å². The molecule has 1 atom stereocenters. The van der Waals surface area contributed by atoms with E-state index in [4.69, 9.17) is 10.7 Å². The number of thiophene rings is 1. The van der Waals surface area contributed by atoms with Gasteiger partial charge in [-0.25, -0.2) is 0 Å². The van der Waals surface area contributed by atoms with Crippen LogP contribution in [-0.4, -0.2) is 38.1 Å². The molecule has 8 heteroatoms. The number of fused-ring (bicyclic) bond motifs is 3. The Kier molecular flexibility index (Phi) is 5.24. The lowest BCUT2D eigenvalue weighted by atomic mass is 9.98. The van der Waals surface area contributed by atoms with Crippen LogP contribution in [0.4, 0.5) is 0 Å². The van der Waals surface area contributed by atoms with Crippen molar-refractivity contribution in [2.45, 2.75) is 33.2 Å². The largest absolute Gasteiger partial charge is 0.481 e. The molecule has 0 amide bonds. The first-order chi connectivity index (χ1) is 14.4. The lowest BCUT2D eigenvalue weighted by molar-refractivity contribution is -0.137. The Morgan fingerprint density at radius 3 is 2.63 bits per heavy atom. The lowest BCUT2D eigenvalue weighted by Crippen LogP contribution is -2.10. The zero-order chi connectivity index (χ0) is 21.4. The summed E-state index contributed by atoms with van der Waals surface area (Å²) < 4.78 is 1.95. The van der Waals surface area contributed by atoms with Crippen LogP contribution in [0.2, 0.25) is 0 Å². The Morgan fingerprint density at radius 2 is 1.97 bits per heavy atom. The molecule has 3 aromatic rings. The van der Waals surface area contributed by atoms with Crippen LogP contribution in [0, 0.1) is 32.6 Å². The number of carboxylic acids is 1. The number of aryl methyl sites for hydroxylation is 2. The number of rotatable bonds is 3. The molecule has 30 heavy (non-hydrogen) atoms. The third-order valence-corrected chi connectivity index (χ3v) is 6.29. The molecule has 1 aromatic carbocycles. The third kappa shape index (κ3) is 3.43. The summed E-state index contributed by atoms with van der Waals surface area (Å²) in [7, 11) is 0. The highest BCUT2D eigenvalue weighted by molar-refractivity contribution is 7.15. The number of aromatic nitrogens is 3. The molecule has 0 radical (unpaired) electrons. The molecule has 1 aliphatic rings. The van der Waals surface area contributed by atoms with E-state index in [2.05, 4.69) is 35.9 Å². The third-order valence-electron chi connectivity index (χ3n) is 5.10. The van der Waals surface area contributed by atoms with Gasteiger partial charge in [-0.2, -0.15) is 0 Å². The van der Waals surface area contributed by atoms with Crippen LogP contribution in [0.5, 0.6) is 0 Å². The highest BCUT2D eigenvalue weighted by Crippen LogP contribution is 2.39. The summed E-state index contributed by atoms with van der Waals surface area (Å²) in [6, 6.07) is 7.16. The van der Waals surface area contributed by atoms with Gasteiger partial charge in [0.25, 0.3) is 0 Å². The molecule has 0 fully saturated rings. The van der Waals surface area contributed by atoms with Gasteiger partial charge in [0.15, 0.2) is 5.82 Å². The lowest BCUT2D eigenvalue weighted by Gasteiger charge is -2.10. The maximum atomic E-state index is 11.6. The second kappa shape index (κ2) is 7.86. The fraction of sp³-hybridized carbons (Fsp3) is 0.273. The minimum atomic E-state index is -0.930. The molecule has 0 aliphatic carbocycles. The quantitative estimate of drug-likeness (QED) is 0.635. The van der Waals surface area contributed by atoms with Crippen molar-refractivity contribution in [2.24, 2.45) is 10.7 Å². The molecular formula is C22H21N5O2S. The second-order valence-electron chi connectivity index (χ2n) is 7.08. The van der Waals surface area contributed by atoms with Gasteiger partial charge >= 0.3 is 5.97 Å². The van der Waals surface area contributed by atoms with Crippen molar-refractivity contribution in [2.75, 3.05) is 6.54 Å². The van der Waals surface area contributed by atoms with Gasteiger partial charge in [-0.3, -0.25) is 14.4 Å². The standard InChI is InChI=1S/C22H21N5O2S/c1-12-13(2)30-22-19(12)20(16-8-6-15(7-9-16)5-4-10-23)24-17(11-18(28)29)21-26-25-14(3)27(21)22/h6-9,17H,10-11,23H2,1-3H3,(H,28,29). The molecular weight excluding hydrogens is 398 g/mol. The maximum absolute atomic E-state index is 11.6. The maximum Gasteiger partial charge on any atom is 0.306 e. The van der Waals surface area contributed by atoms with E-state index in [9.17, 15) is 9.90 Å². The molecule has 1 unspecified atom stereocenters. The Bertz CT molecular complexity index is 1220. The number of carbonyl (C=O) groups is 1. The summed E-state index contributed by atoms with van der Waals surface area (Å²) in [6.07, 6.45) is -0.158. The summed E-state index contributed by atoms with van der Waals surface area (Å²) in [5.74, 6) is 6.21. The van der Waals surface area contributed by atoms with Gasteiger partial charge in [0.2, 0.25) is 0 Å². The van der Waals surface area contributed by atoms with E-state index in [0.29, 0.717) is 18.2 Å². The first kappa shape index (κ1) is 20.0. The van der Waals surface area contributed by atoms with E-state index in [1.165, 1.54) is 4.88 Å². The molecule has 0 spiro atoms. The Morgan fingerprint density at radius 1 is 1.23 bits per heavy atom. The average molecular weight is 420 g/mol. The number of aliphatic carboxylic acids is 1. The van der Waals surface area contributed by atoms with E-state index in [0.717, 1.165) is 33.0 Å². The number of carboxylic acid groups (broad SMARTS) is 1. The zero-order valence-electron chi connectivity index (χ0n) is 16.9. The highest BCUT2D eigenvalue weighted by Gasteiger charge is 2.32. The molecule has 7 nitrogen and oxygen atoms in total. The monoisotopic (exact) mass is 419 g/mol. The van der Waals surface area contributed by atoms with Gasteiger partial charge in [-0.05, 0) is 38.5 Å². The van der Waals surface area contributed by atoms with Gasteiger partial charge in [0.05, 0.1) is 18.7 Å². The van der Waals surface area contributed by atoms with Crippen LogP contribution in [0.25, 0.3) is 5.00 Å². The summed E-state index contributed by atoms with van der Waals surface area (Å²) in [4.78, 5) is 17.7. The van der Waals surface area contributed by atoms with Crippen molar-refractivity contribution in [1.29, 1.82) is 0 Å². The molecule has 152 valence electrons. The van der Waals surface area contributed by atoms with Crippen LogP contribution in [0.15, 0.2) is 29.3 Å². The average Bonchev–Trinajstić information content (AvgIpc) is 3.19. The zero-order valence-corrected chi connectivity index (χ0v) is 17.7. The summed E-state index contributed by atoms with van der Waals surface area (Å²) in [5, 5.41) is 18.9. The fourth-order valence-electron chi connectivity index (χ4n) is 3.55. The van der Waals surface area contributed by atoms with Crippen molar-refractivity contribution >= 4 is 23.0 Å². The van der Waals surface area contributed by atoms with Gasteiger partial charge in [-0.1, -0.05) is 24.0 Å². The number of nitrogens with two attached hydrogens (primary N) is 1. The number of benzene rings is 1. The molecule has 0 saturated carbocycles. The first-order valence-corrected chi connectivity index (χ1v) is 10.3. The van der Waals surface area contributed by atoms with Crippen molar-refractivity contribution in [3.63, 3.8) is 0 Å². The summed E-state index contributed by atoms with van der Waals surface area (Å²) >= 11 is 1.64. The van der Waals surface area contributed by atoms with Gasteiger partial charge in [0, 0.05) is 21.6 Å². The minimum Gasteiger partial charge on any atom is -0.481 e. The fourth-order valence-corrected chi connectivity index (χ4v) is 4.77. The van der Waals surface area contributed by atoms with E-state index >= 15 is 0 Å². The van der Waals surface area contributed by atoms with E-state index in [1.807, 2.05) is 35.8 Å². The van der Waals surface area contributed by atoms with Gasteiger partial charge in [0.1, 0.15) is 16.9 Å². The SMILES string of the molecule is Cc1sc2c(c1C)C(c1ccc(C#CCN)cc1)=NC(CC(=O)O)c1nnc(C)n1-2. The molecule has 4 rings (SSSR count). The van der Waals surface area contributed by atoms with Crippen LogP contribution in [-0.2, 0) is 4.79 Å². The van der Waals surface area contributed by atoms with E-state index < -0.39 is 12.0 Å². The smallest absolute Gasteiger partial charge is 0.306 e. The Hall–Kier alpha value is -3.28. The molecule has 3 N–H and O–H groups in total. The normalized spacial score (nSPS) is 14.8. The number of hydrogen-bond donors (Lipinski definition) is 2. The number of aliphatic imine (C=N–C) groups is 1. The molecule has 0 saturated heterocycles. The van der Waals surface area contributed by atoms with Crippen molar-refractivity contribution in [3.8, 4) is 16.8 Å². The minimum absolute atomic E-state index is 0.158. The molecule has 1 aliphatic heterocycles. The molecule has 0 bridgehead atoms. The van der Waals surface area contributed by atoms with Crippen molar-refractivity contribution < 1.29 is 9.90 Å². The van der Waals surface area contributed by atoms with Gasteiger partial charge < -0.3 is 10.8 Å². The summed E-state index contributed by atoms with van der Waals surface area (Å²) in [6.45, 7) is 6.32. The van der Waals surface area contributed by atoms with Crippen LogP contribution < -0.4 is 5.73 Å². The number of nitrogens with zero attached hydrogens (tertiary/aromatic N) is 4.